The van der Waals surface area contributed by atoms with Crippen LogP contribution in [0.15, 0.2) is 42.5 Å². The zero-order chi connectivity index (χ0) is 17.7. The summed E-state index contributed by atoms with van der Waals surface area (Å²) in [5, 5.41) is 20.6. The van der Waals surface area contributed by atoms with Gasteiger partial charge in [-0.25, -0.2) is 9.59 Å². The molecule has 3 N–H and O–H groups in total. The van der Waals surface area contributed by atoms with Gasteiger partial charge < -0.3 is 20.3 Å². The van der Waals surface area contributed by atoms with Gasteiger partial charge in [-0.2, -0.15) is 0 Å². The van der Waals surface area contributed by atoms with Crippen LogP contribution in [0.25, 0.3) is 0 Å². The van der Waals surface area contributed by atoms with Gasteiger partial charge in [0.1, 0.15) is 5.75 Å². The lowest BCUT2D eigenvalue weighted by molar-refractivity contribution is 0.0651. The topological polar surface area (TPSA) is 113 Å². The van der Waals surface area contributed by atoms with Crippen molar-refractivity contribution in [3.8, 4) is 5.75 Å². The van der Waals surface area contributed by atoms with E-state index in [2.05, 4.69) is 5.32 Å². The van der Waals surface area contributed by atoms with Gasteiger partial charge in [0.2, 0.25) is 0 Å². The molecule has 2 aromatic rings. The molecular weight excluding hydrogens is 314 g/mol. The summed E-state index contributed by atoms with van der Waals surface area (Å²) < 4.78 is 5.28. The minimum absolute atomic E-state index is 0.191. The van der Waals surface area contributed by atoms with E-state index in [1.54, 1.807) is 24.3 Å². The molecule has 124 valence electrons. The second-order valence-electron chi connectivity index (χ2n) is 4.78. The molecule has 24 heavy (non-hydrogen) atoms. The second kappa shape index (κ2) is 7.28. The number of hydrogen-bond acceptors (Lipinski definition) is 4. The van der Waals surface area contributed by atoms with E-state index in [0.717, 1.165) is 12.1 Å². The minimum Gasteiger partial charge on any atom is -0.494 e. The molecule has 0 atom stereocenters. The Morgan fingerprint density at radius 2 is 1.58 bits per heavy atom. The lowest BCUT2D eigenvalue weighted by Crippen LogP contribution is -2.14. The molecule has 7 heteroatoms. The Morgan fingerprint density at radius 1 is 0.958 bits per heavy atom. The summed E-state index contributed by atoms with van der Waals surface area (Å²) in [6, 6.07) is 10.0. The fourth-order valence-electron chi connectivity index (χ4n) is 2.06. The van der Waals surface area contributed by atoms with E-state index in [4.69, 9.17) is 14.9 Å². The summed E-state index contributed by atoms with van der Waals surface area (Å²) in [5.41, 5.74) is -0.192. The molecule has 0 aliphatic heterocycles. The summed E-state index contributed by atoms with van der Waals surface area (Å²) >= 11 is 0. The third-order valence-corrected chi connectivity index (χ3v) is 3.17. The highest BCUT2D eigenvalue weighted by Crippen LogP contribution is 2.18. The van der Waals surface area contributed by atoms with Gasteiger partial charge >= 0.3 is 11.9 Å². The average Bonchev–Trinajstić information content (AvgIpc) is 2.55. The Kier molecular flexibility index (Phi) is 5.16. The van der Waals surface area contributed by atoms with E-state index in [9.17, 15) is 14.4 Å². The zero-order valence-corrected chi connectivity index (χ0v) is 12.8. The number of rotatable bonds is 6. The number of hydrogen-bond donors (Lipinski definition) is 3. The number of carboxylic acid groups (broad SMARTS) is 2. The molecule has 0 aromatic heterocycles. The quantitative estimate of drug-likeness (QED) is 0.751. The van der Waals surface area contributed by atoms with Crippen LogP contribution in [0.2, 0.25) is 0 Å². The Balaban J connectivity index is 2.21. The summed E-state index contributed by atoms with van der Waals surface area (Å²) in [7, 11) is 0. The molecular formula is C17H15NO6. The third-order valence-electron chi connectivity index (χ3n) is 3.17. The highest BCUT2D eigenvalue weighted by molar-refractivity contribution is 6.06. The molecule has 0 aliphatic rings. The van der Waals surface area contributed by atoms with E-state index in [1.165, 1.54) is 6.07 Å². The number of carbonyl (C=O) groups is 3. The molecule has 0 saturated heterocycles. The molecule has 0 heterocycles. The number of aromatic carboxylic acids is 2. The molecule has 1 amide bonds. The maximum absolute atomic E-state index is 12.2. The van der Waals surface area contributed by atoms with Crippen molar-refractivity contribution in [2.24, 2.45) is 0 Å². The standard InChI is InChI=1S/C17H15NO6/c1-2-24-12-6-3-10(4-7-12)15(19)18-11-5-8-13(16(20)21)14(9-11)17(22)23/h3-9H,2H2,1H3,(H,18,19)(H,20,21)(H,22,23). The van der Waals surface area contributed by atoms with E-state index < -0.39 is 23.4 Å². The summed E-state index contributed by atoms with van der Waals surface area (Å²) in [4.78, 5) is 34.3. The number of anilines is 1. The summed E-state index contributed by atoms with van der Waals surface area (Å²) in [6.07, 6.45) is 0. The predicted octanol–water partition coefficient (Wildman–Crippen LogP) is 2.73. The van der Waals surface area contributed by atoms with Crippen molar-refractivity contribution in [1.82, 2.24) is 0 Å². The van der Waals surface area contributed by atoms with Crippen molar-refractivity contribution in [3.63, 3.8) is 0 Å². The molecule has 0 saturated carbocycles. The average molecular weight is 329 g/mol. The van der Waals surface area contributed by atoms with E-state index in [0.29, 0.717) is 17.9 Å². The van der Waals surface area contributed by atoms with Gasteiger partial charge in [-0.05, 0) is 49.4 Å². The van der Waals surface area contributed by atoms with E-state index in [1.807, 2.05) is 6.92 Å². The Morgan fingerprint density at radius 3 is 2.12 bits per heavy atom. The second-order valence-corrected chi connectivity index (χ2v) is 4.78. The first kappa shape index (κ1) is 17.0. The summed E-state index contributed by atoms with van der Waals surface area (Å²) in [6.45, 7) is 2.36. The first-order valence-corrected chi connectivity index (χ1v) is 7.07. The van der Waals surface area contributed by atoms with Crippen molar-refractivity contribution >= 4 is 23.5 Å². The van der Waals surface area contributed by atoms with Gasteiger partial charge in [-0.15, -0.1) is 0 Å². The first-order chi connectivity index (χ1) is 11.4. The Labute approximate surface area is 137 Å². The number of amides is 1. The maximum Gasteiger partial charge on any atom is 0.336 e. The van der Waals surface area contributed by atoms with Gasteiger partial charge in [-0.3, -0.25) is 4.79 Å². The molecule has 0 aliphatic carbocycles. The first-order valence-electron chi connectivity index (χ1n) is 7.07. The largest absolute Gasteiger partial charge is 0.494 e. The monoisotopic (exact) mass is 329 g/mol. The number of nitrogens with one attached hydrogen (secondary N) is 1. The van der Waals surface area contributed by atoms with Gasteiger partial charge in [-0.1, -0.05) is 0 Å². The van der Waals surface area contributed by atoms with Crippen molar-refractivity contribution < 1.29 is 29.3 Å². The highest BCUT2D eigenvalue weighted by atomic mass is 16.5. The van der Waals surface area contributed by atoms with Gasteiger partial charge in [0.05, 0.1) is 17.7 Å². The number of carbonyl (C=O) groups excluding carboxylic acids is 1. The smallest absolute Gasteiger partial charge is 0.336 e. The van der Waals surface area contributed by atoms with Crippen LogP contribution in [0, 0.1) is 0 Å². The maximum atomic E-state index is 12.2. The SMILES string of the molecule is CCOc1ccc(C(=O)Nc2ccc(C(=O)O)c(C(=O)O)c2)cc1. The van der Waals surface area contributed by atoms with Crippen LogP contribution in [0.4, 0.5) is 5.69 Å². The molecule has 0 fully saturated rings. The van der Waals surface area contributed by atoms with Crippen molar-refractivity contribution in [3.05, 3.63) is 59.2 Å². The summed E-state index contributed by atoms with van der Waals surface area (Å²) in [5.74, 6) is -2.55. The third kappa shape index (κ3) is 3.89. The number of carboxylic acids is 2. The Hall–Kier alpha value is -3.35. The minimum atomic E-state index is -1.38. The molecule has 2 aromatic carbocycles. The van der Waals surface area contributed by atoms with Crippen molar-refractivity contribution in [1.29, 1.82) is 0 Å². The molecule has 7 nitrogen and oxygen atoms in total. The zero-order valence-electron chi connectivity index (χ0n) is 12.8. The predicted molar refractivity (Wildman–Crippen MR) is 85.9 cm³/mol. The van der Waals surface area contributed by atoms with Crippen molar-refractivity contribution in [2.45, 2.75) is 6.92 Å². The molecule has 0 radical (unpaired) electrons. The lowest BCUT2D eigenvalue weighted by Gasteiger charge is -2.09. The van der Waals surface area contributed by atoms with Crippen LogP contribution in [0.5, 0.6) is 5.75 Å². The van der Waals surface area contributed by atoms with Gasteiger partial charge in [0.25, 0.3) is 5.91 Å². The normalized spacial score (nSPS) is 10.0. The molecule has 0 unspecified atom stereocenters. The molecule has 0 spiro atoms. The molecule has 2 rings (SSSR count). The fraction of sp³-hybridized carbons (Fsp3) is 0.118. The van der Waals surface area contributed by atoms with Gasteiger partial charge in [0, 0.05) is 11.3 Å². The van der Waals surface area contributed by atoms with Crippen LogP contribution >= 0.6 is 0 Å². The highest BCUT2D eigenvalue weighted by Gasteiger charge is 2.17. The molecule has 0 bridgehead atoms. The number of benzene rings is 2. The van der Waals surface area contributed by atoms with Crippen LogP contribution in [0.1, 0.15) is 38.0 Å². The van der Waals surface area contributed by atoms with E-state index >= 15 is 0 Å². The van der Waals surface area contributed by atoms with Gasteiger partial charge in [0.15, 0.2) is 0 Å². The fourth-order valence-corrected chi connectivity index (χ4v) is 2.06. The van der Waals surface area contributed by atoms with Crippen molar-refractivity contribution in [2.75, 3.05) is 11.9 Å². The lowest BCUT2D eigenvalue weighted by atomic mass is 10.1. The number of ether oxygens (including phenoxy) is 1. The van der Waals surface area contributed by atoms with Crippen LogP contribution in [-0.2, 0) is 0 Å². The van der Waals surface area contributed by atoms with E-state index in [-0.39, 0.29) is 11.3 Å². The van der Waals surface area contributed by atoms with Crippen LogP contribution in [-0.4, -0.2) is 34.7 Å². The van der Waals surface area contributed by atoms with Crippen LogP contribution < -0.4 is 10.1 Å². The van der Waals surface area contributed by atoms with Crippen LogP contribution in [0.3, 0.4) is 0 Å². The Bertz CT molecular complexity index is 782.